The fourth-order valence-corrected chi connectivity index (χ4v) is 4.55. The number of morpholine rings is 1. The van der Waals surface area contributed by atoms with Crippen LogP contribution in [-0.2, 0) is 22.7 Å². The van der Waals surface area contributed by atoms with Crippen LogP contribution in [0.3, 0.4) is 0 Å². The predicted molar refractivity (Wildman–Crippen MR) is 136 cm³/mol. The number of hydrogen-bond donors (Lipinski definition) is 1. The largest absolute Gasteiger partial charge is 0.489 e. The van der Waals surface area contributed by atoms with Crippen LogP contribution in [0.15, 0.2) is 54.7 Å². The van der Waals surface area contributed by atoms with Gasteiger partial charge < -0.3 is 19.7 Å². The van der Waals surface area contributed by atoms with E-state index in [1.165, 1.54) is 6.20 Å². The molecule has 0 spiro atoms. The number of aromatic nitrogens is 2. The van der Waals surface area contributed by atoms with Gasteiger partial charge in [0.1, 0.15) is 18.1 Å². The Labute approximate surface area is 215 Å². The molecule has 0 bridgehead atoms. The lowest BCUT2D eigenvalue weighted by atomic mass is 10.2. The van der Waals surface area contributed by atoms with E-state index >= 15 is 0 Å². The highest BCUT2D eigenvalue weighted by molar-refractivity contribution is 6.34. The maximum atomic E-state index is 13.2. The van der Waals surface area contributed by atoms with Crippen molar-refractivity contribution in [3.63, 3.8) is 0 Å². The van der Waals surface area contributed by atoms with Crippen LogP contribution >= 0.6 is 11.6 Å². The molecule has 1 aliphatic heterocycles. The summed E-state index contributed by atoms with van der Waals surface area (Å²) < 4.78 is 13.3. The van der Waals surface area contributed by atoms with Crippen LogP contribution in [0.5, 0.6) is 5.75 Å². The SMILES string of the molecule is Cc1cc(OCc2ccccc2)ccc1NC(=O)c1c(Cl)cnn1CC1CN(C(=O)C2CC2)CCO1. The van der Waals surface area contributed by atoms with E-state index in [4.69, 9.17) is 21.1 Å². The van der Waals surface area contributed by atoms with Crippen LogP contribution in [0.25, 0.3) is 0 Å². The molecule has 2 amide bonds. The molecule has 2 heterocycles. The number of nitrogens with one attached hydrogen (secondary N) is 1. The molecule has 9 heteroatoms. The van der Waals surface area contributed by atoms with E-state index in [0.717, 1.165) is 29.7 Å². The molecule has 1 saturated carbocycles. The first-order valence-corrected chi connectivity index (χ1v) is 12.6. The zero-order valence-corrected chi connectivity index (χ0v) is 20.9. The Bertz CT molecular complexity index is 1240. The standard InChI is InChI=1S/C27H29ClN4O4/c1-18-13-21(36-17-19-5-3-2-4-6-19)9-10-24(18)30-26(33)25-23(28)14-29-32(25)16-22-15-31(11-12-35-22)27(34)20-7-8-20/h2-6,9-10,13-14,20,22H,7-8,11-12,15-17H2,1H3,(H,30,33). The van der Waals surface area contributed by atoms with Crippen LogP contribution < -0.4 is 10.1 Å². The summed E-state index contributed by atoms with van der Waals surface area (Å²) in [6, 6.07) is 15.5. The maximum absolute atomic E-state index is 13.2. The fourth-order valence-electron chi connectivity index (χ4n) is 4.33. The second kappa shape index (κ2) is 10.7. The second-order valence-electron chi connectivity index (χ2n) is 9.28. The Morgan fingerprint density at radius 2 is 2.00 bits per heavy atom. The van der Waals surface area contributed by atoms with Crippen LogP contribution in [0.1, 0.15) is 34.5 Å². The van der Waals surface area contributed by atoms with E-state index in [1.54, 1.807) is 4.68 Å². The van der Waals surface area contributed by atoms with Crippen LogP contribution in [0.2, 0.25) is 5.02 Å². The first-order chi connectivity index (χ1) is 17.5. The molecule has 36 heavy (non-hydrogen) atoms. The smallest absolute Gasteiger partial charge is 0.275 e. The highest BCUT2D eigenvalue weighted by Crippen LogP contribution is 2.31. The third-order valence-electron chi connectivity index (χ3n) is 6.46. The fraction of sp³-hybridized carbons (Fsp3) is 0.370. The van der Waals surface area contributed by atoms with Crippen molar-refractivity contribution in [3.05, 3.63) is 76.6 Å². The van der Waals surface area contributed by atoms with Gasteiger partial charge in [-0.15, -0.1) is 0 Å². The number of aryl methyl sites for hydroxylation is 1. The lowest BCUT2D eigenvalue weighted by Crippen LogP contribution is -2.47. The van der Waals surface area contributed by atoms with Crippen molar-refractivity contribution in [2.24, 2.45) is 5.92 Å². The lowest BCUT2D eigenvalue weighted by molar-refractivity contribution is -0.140. The zero-order chi connectivity index (χ0) is 25.1. The summed E-state index contributed by atoms with van der Waals surface area (Å²) in [5.74, 6) is 0.728. The Balaban J connectivity index is 1.22. The van der Waals surface area contributed by atoms with Gasteiger partial charge in [0, 0.05) is 24.7 Å². The number of nitrogens with zero attached hydrogens (tertiary/aromatic N) is 3. The molecule has 0 radical (unpaired) electrons. The first-order valence-electron chi connectivity index (χ1n) is 12.2. The predicted octanol–water partition coefficient (Wildman–Crippen LogP) is 4.31. The van der Waals surface area contributed by atoms with Gasteiger partial charge in [-0.05, 0) is 49.1 Å². The van der Waals surface area contributed by atoms with Crippen molar-refractivity contribution in [1.82, 2.24) is 14.7 Å². The third-order valence-corrected chi connectivity index (χ3v) is 6.73. The quantitative estimate of drug-likeness (QED) is 0.490. The number of halogens is 1. The minimum atomic E-state index is -0.361. The molecule has 1 aliphatic carbocycles. The Hall–Kier alpha value is -3.36. The monoisotopic (exact) mass is 508 g/mol. The normalized spacial score (nSPS) is 17.6. The van der Waals surface area contributed by atoms with E-state index in [-0.39, 0.29) is 34.6 Å². The van der Waals surface area contributed by atoms with Crippen molar-refractivity contribution in [1.29, 1.82) is 0 Å². The summed E-state index contributed by atoms with van der Waals surface area (Å²) in [7, 11) is 0. The van der Waals surface area contributed by atoms with Crippen LogP contribution in [0, 0.1) is 12.8 Å². The average Bonchev–Trinajstić information content (AvgIpc) is 3.67. The molecular formula is C27H29ClN4O4. The van der Waals surface area contributed by atoms with Gasteiger partial charge in [0.25, 0.3) is 5.91 Å². The molecule has 1 N–H and O–H groups in total. The van der Waals surface area contributed by atoms with Gasteiger partial charge in [0.2, 0.25) is 5.91 Å². The number of anilines is 1. The molecule has 188 valence electrons. The van der Waals surface area contributed by atoms with E-state index in [9.17, 15) is 9.59 Å². The van der Waals surface area contributed by atoms with Gasteiger partial charge in [-0.25, -0.2) is 0 Å². The number of hydrogen-bond acceptors (Lipinski definition) is 5. The number of carbonyl (C=O) groups is 2. The van der Waals surface area contributed by atoms with Gasteiger partial charge in [-0.2, -0.15) is 5.10 Å². The summed E-state index contributed by atoms with van der Waals surface area (Å²) in [4.78, 5) is 27.5. The van der Waals surface area contributed by atoms with E-state index in [1.807, 2.05) is 60.4 Å². The van der Waals surface area contributed by atoms with E-state index in [2.05, 4.69) is 10.4 Å². The summed E-state index contributed by atoms with van der Waals surface area (Å²) in [6.07, 6.45) is 3.14. The molecule has 3 aromatic rings. The summed E-state index contributed by atoms with van der Waals surface area (Å²) in [5, 5.41) is 7.50. The molecule has 2 fully saturated rings. The molecule has 1 atom stereocenters. The minimum Gasteiger partial charge on any atom is -0.489 e. The molecule has 8 nitrogen and oxygen atoms in total. The highest BCUT2D eigenvalue weighted by Gasteiger charge is 2.36. The van der Waals surface area contributed by atoms with E-state index in [0.29, 0.717) is 38.5 Å². The summed E-state index contributed by atoms with van der Waals surface area (Å²) in [6.45, 7) is 4.26. The lowest BCUT2D eigenvalue weighted by Gasteiger charge is -2.33. The van der Waals surface area contributed by atoms with Crippen molar-refractivity contribution >= 4 is 29.1 Å². The van der Waals surface area contributed by atoms with Crippen molar-refractivity contribution in [2.75, 3.05) is 25.0 Å². The van der Waals surface area contributed by atoms with Gasteiger partial charge in [-0.3, -0.25) is 14.3 Å². The molecule has 1 unspecified atom stereocenters. The summed E-state index contributed by atoms with van der Waals surface area (Å²) in [5.41, 5.74) is 2.86. The van der Waals surface area contributed by atoms with Crippen molar-refractivity contribution in [3.8, 4) is 5.75 Å². The molecular weight excluding hydrogens is 480 g/mol. The van der Waals surface area contributed by atoms with Crippen molar-refractivity contribution in [2.45, 2.75) is 39.0 Å². The number of carbonyl (C=O) groups excluding carboxylic acids is 2. The third kappa shape index (κ3) is 5.71. The van der Waals surface area contributed by atoms with E-state index < -0.39 is 0 Å². The average molecular weight is 509 g/mol. The Kier molecular flexibility index (Phi) is 7.25. The number of rotatable bonds is 8. The molecule has 1 saturated heterocycles. The maximum Gasteiger partial charge on any atom is 0.275 e. The minimum absolute atomic E-state index is 0.169. The van der Waals surface area contributed by atoms with Gasteiger partial charge in [0.05, 0.1) is 30.5 Å². The van der Waals surface area contributed by atoms with Gasteiger partial charge in [0.15, 0.2) is 0 Å². The van der Waals surface area contributed by atoms with Gasteiger partial charge >= 0.3 is 0 Å². The number of amides is 2. The molecule has 2 aliphatic rings. The number of benzene rings is 2. The Morgan fingerprint density at radius 1 is 1.19 bits per heavy atom. The Morgan fingerprint density at radius 3 is 2.75 bits per heavy atom. The van der Waals surface area contributed by atoms with Crippen LogP contribution in [0.4, 0.5) is 5.69 Å². The van der Waals surface area contributed by atoms with Crippen LogP contribution in [-0.4, -0.2) is 52.3 Å². The topological polar surface area (TPSA) is 85.7 Å². The molecule has 1 aromatic heterocycles. The highest BCUT2D eigenvalue weighted by atomic mass is 35.5. The summed E-state index contributed by atoms with van der Waals surface area (Å²) >= 11 is 6.35. The first kappa shape index (κ1) is 24.3. The zero-order valence-electron chi connectivity index (χ0n) is 20.2. The van der Waals surface area contributed by atoms with Gasteiger partial charge in [-0.1, -0.05) is 41.9 Å². The van der Waals surface area contributed by atoms with Crippen molar-refractivity contribution < 1.29 is 19.1 Å². The molecule has 5 rings (SSSR count). The molecule has 2 aromatic carbocycles. The second-order valence-corrected chi connectivity index (χ2v) is 9.69. The number of ether oxygens (including phenoxy) is 2.